The lowest BCUT2D eigenvalue weighted by Crippen LogP contribution is -2.16. The maximum Gasteiger partial charge on any atom is 0.573 e. The van der Waals surface area contributed by atoms with Gasteiger partial charge in [0.2, 0.25) is 6.79 Å². The minimum atomic E-state index is -4.79. The molecule has 1 heterocycles. The van der Waals surface area contributed by atoms with E-state index in [0.29, 0.717) is 55.6 Å². The Labute approximate surface area is 282 Å². The Bertz CT molecular complexity index is 1630. The van der Waals surface area contributed by atoms with Crippen LogP contribution in [0.1, 0.15) is 69.5 Å². The molecule has 12 heteroatoms. The molecule has 0 saturated carbocycles. The largest absolute Gasteiger partial charge is 0.573 e. The van der Waals surface area contributed by atoms with Gasteiger partial charge >= 0.3 is 12.5 Å². The number of unbranched alkanes of at least 4 members (excludes halogenated alkanes) is 7. The van der Waals surface area contributed by atoms with Gasteiger partial charge in [0, 0.05) is 21.7 Å². The standard InChI is InChI=1S/C36H39ClF3NO7/c1-3-4-5-6-7-8-9-10-19-44-35(43)46-23-45-34-30-21-31(37)26(22-42)20-32(30)41-24(2)33(34)25-11-13-27(14-12-25)47-28-15-17-29(18-16-28)48-36(38,39)40/h11-18,20-21,42H,3-10,19,22-23H2,1-2H3. The number of ether oxygens (including phenoxy) is 5. The number of nitrogens with zero attached hydrogens (tertiary/aromatic N) is 1. The zero-order chi connectivity index (χ0) is 34.5. The van der Waals surface area contributed by atoms with E-state index in [1.54, 1.807) is 43.3 Å². The van der Waals surface area contributed by atoms with E-state index >= 15 is 0 Å². The van der Waals surface area contributed by atoms with Crippen LogP contribution in [0.15, 0.2) is 60.7 Å². The Balaban J connectivity index is 1.45. The van der Waals surface area contributed by atoms with Crippen LogP contribution >= 0.6 is 11.6 Å². The first kappa shape index (κ1) is 36.6. The number of hydrogen-bond donors (Lipinski definition) is 1. The van der Waals surface area contributed by atoms with Gasteiger partial charge < -0.3 is 28.8 Å². The van der Waals surface area contributed by atoms with Crippen molar-refractivity contribution in [3.8, 4) is 34.1 Å². The highest BCUT2D eigenvalue weighted by atomic mass is 35.5. The van der Waals surface area contributed by atoms with Gasteiger partial charge in [-0.1, -0.05) is 75.6 Å². The second-order valence-corrected chi connectivity index (χ2v) is 11.6. The van der Waals surface area contributed by atoms with E-state index in [4.69, 9.17) is 35.5 Å². The maximum atomic E-state index is 12.5. The Morgan fingerprint density at radius 2 is 1.46 bits per heavy atom. The van der Waals surface area contributed by atoms with Gasteiger partial charge in [0.1, 0.15) is 23.0 Å². The fourth-order valence-corrected chi connectivity index (χ4v) is 5.35. The molecule has 0 fully saturated rings. The molecule has 8 nitrogen and oxygen atoms in total. The molecule has 1 aromatic heterocycles. The van der Waals surface area contributed by atoms with E-state index in [1.807, 2.05) is 0 Å². The van der Waals surface area contributed by atoms with Crippen molar-refractivity contribution in [1.29, 1.82) is 0 Å². The number of aliphatic hydroxyl groups is 1. The number of alkyl halides is 3. The zero-order valence-corrected chi connectivity index (χ0v) is 27.7. The molecule has 48 heavy (non-hydrogen) atoms. The van der Waals surface area contributed by atoms with Crippen molar-refractivity contribution in [2.24, 2.45) is 0 Å². The summed E-state index contributed by atoms with van der Waals surface area (Å²) >= 11 is 6.43. The smallest absolute Gasteiger partial charge is 0.457 e. The molecule has 0 spiro atoms. The van der Waals surface area contributed by atoms with Crippen LogP contribution in [-0.4, -0.2) is 36.0 Å². The Kier molecular flexibility index (Phi) is 13.6. The Morgan fingerprint density at radius 1 is 0.854 bits per heavy atom. The van der Waals surface area contributed by atoms with Crippen LogP contribution in [0.2, 0.25) is 5.02 Å². The first-order chi connectivity index (χ1) is 23.1. The molecule has 0 aliphatic rings. The predicted octanol–water partition coefficient (Wildman–Crippen LogP) is 10.7. The topological polar surface area (TPSA) is 96.3 Å². The second kappa shape index (κ2) is 17.8. The van der Waals surface area contributed by atoms with Crippen molar-refractivity contribution >= 4 is 28.7 Å². The molecule has 3 aromatic carbocycles. The zero-order valence-electron chi connectivity index (χ0n) is 26.9. The Morgan fingerprint density at radius 3 is 2.08 bits per heavy atom. The van der Waals surface area contributed by atoms with Crippen molar-refractivity contribution < 1.29 is 46.8 Å². The van der Waals surface area contributed by atoms with Crippen molar-refractivity contribution in [2.45, 2.75) is 78.2 Å². The first-order valence-corrected chi connectivity index (χ1v) is 16.3. The summed E-state index contributed by atoms with van der Waals surface area (Å²) in [6.07, 6.45) is 3.35. The molecule has 0 unspecified atom stereocenters. The van der Waals surface area contributed by atoms with Crippen LogP contribution in [0.4, 0.5) is 18.0 Å². The Hall–Kier alpha value is -4.22. The lowest BCUT2D eigenvalue weighted by molar-refractivity contribution is -0.274. The number of hydrogen-bond acceptors (Lipinski definition) is 8. The van der Waals surface area contributed by atoms with Gasteiger partial charge in [0.25, 0.3) is 0 Å². The van der Waals surface area contributed by atoms with E-state index in [-0.39, 0.29) is 19.0 Å². The van der Waals surface area contributed by atoms with Crippen molar-refractivity contribution in [1.82, 2.24) is 4.98 Å². The second-order valence-electron chi connectivity index (χ2n) is 11.1. The molecular formula is C36H39ClF3NO7. The quantitative estimate of drug-likeness (QED) is 0.0665. The predicted molar refractivity (Wildman–Crippen MR) is 177 cm³/mol. The van der Waals surface area contributed by atoms with Gasteiger partial charge in [-0.15, -0.1) is 13.2 Å². The SMILES string of the molecule is CCCCCCCCCCOC(=O)OCOc1c(-c2ccc(Oc3ccc(OC(F)(F)F)cc3)cc2)c(C)nc2cc(CO)c(Cl)cc12. The third kappa shape index (κ3) is 10.9. The highest BCUT2D eigenvalue weighted by Crippen LogP contribution is 2.41. The summed E-state index contributed by atoms with van der Waals surface area (Å²) in [5.74, 6) is 0.735. The van der Waals surface area contributed by atoms with Crippen molar-refractivity contribution in [3.05, 3.63) is 76.9 Å². The van der Waals surface area contributed by atoms with Gasteiger partial charge in [-0.05, 0) is 73.0 Å². The molecule has 1 N–H and O–H groups in total. The third-order valence-corrected chi connectivity index (χ3v) is 7.84. The molecule has 0 bridgehead atoms. The average molecular weight is 690 g/mol. The molecule has 0 atom stereocenters. The number of aryl methyl sites for hydroxylation is 1. The van der Waals surface area contributed by atoms with Gasteiger partial charge in [0.15, 0.2) is 0 Å². The molecule has 4 rings (SSSR count). The fraction of sp³-hybridized carbons (Fsp3) is 0.389. The van der Waals surface area contributed by atoms with Crippen molar-refractivity contribution in [2.75, 3.05) is 13.4 Å². The number of benzene rings is 3. The van der Waals surface area contributed by atoms with Crippen LogP contribution in [0, 0.1) is 6.92 Å². The monoisotopic (exact) mass is 689 g/mol. The molecule has 0 aliphatic carbocycles. The average Bonchev–Trinajstić information content (AvgIpc) is 3.05. The highest BCUT2D eigenvalue weighted by Gasteiger charge is 2.31. The molecular weight excluding hydrogens is 651 g/mol. The number of rotatable bonds is 17. The fourth-order valence-electron chi connectivity index (χ4n) is 5.13. The van der Waals surface area contributed by atoms with E-state index in [9.17, 15) is 23.1 Å². The molecule has 0 saturated heterocycles. The van der Waals surface area contributed by atoms with E-state index in [0.717, 1.165) is 31.4 Å². The number of carbonyl (C=O) groups excluding carboxylic acids is 1. The number of halogens is 4. The maximum absolute atomic E-state index is 12.5. The van der Waals surface area contributed by atoms with Crippen LogP contribution < -0.4 is 14.2 Å². The van der Waals surface area contributed by atoms with Crippen LogP contribution in [0.25, 0.3) is 22.0 Å². The van der Waals surface area contributed by atoms with Crippen LogP contribution in [0.5, 0.6) is 23.0 Å². The number of carbonyl (C=O) groups is 1. The van der Waals surface area contributed by atoms with E-state index < -0.39 is 19.3 Å². The van der Waals surface area contributed by atoms with Gasteiger partial charge in [-0.25, -0.2) is 4.79 Å². The van der Waals surface area contributed by atoms with E-state index in [1.165, 1.54) is 44.2 Å². The summed E-state index contributed by atoms with van der Waals surface area (Å²) in [5.41, 5.74) is 2.91. The van der Waals surface area contributed by atoms with Crippen LogP contribution in [0.3, 0.4) is 0 Å². The summed E-state index contributed by atoms with van der Waals surface area (Å²) in [6, 6.07) is 15.3. The molecule has 0 aliphatic heterocycles. The number of pyridine rings is 1. The van der Waals surface area contributed by atoms with Crippen LogP contribution in [-0.2, 0) is 16.1 Å². The summed E-state index contributed by atoms with van der Waals surface area (Å²) < 4.78 is 63.6. The number of aliphatic hydroxyl groups excluding tert-OH is 1. The minimum Gasteiger partial charge on any atom is -0.457 e. The van der Waals surface area contributed by atoms with Gasteiger partial charge in [-0.2, -0.15) is 0 Å². The molecule has 0 radical (unpaired) electrons. The molecule has 4 aromatic rings. The summed E-state index contributed by atoms with van der Waals surface area (Å²) in [6.45, 7) is 3.53. The number of fused-ring (bicyclic) bond motifs is 1. The molecule has 258 valence electrons. The number of aromatic nitrogens is 1. The lowest BCUT2D eigenvalue weighted by atomic mass is 9.99. The van der Waals surface area contributed by atoms with Crippen molar-refractivity contribution in [3.63, 3.8) is 0 Å². The minimum absolute atomic E-state index is 0.260. The normalized spacial score (nSPS) is 11.4. The first-order valence-electron chi connectivity index (χ1n) is 15.9. The third-order valence-electron chi connectivity index (χ3n) is 7.49. The summed E-state index contributed by atoms with van der Waals surface area (Å²) in [5, 5.41) is 10.6. The summed E-state index contributed by atoms with van der Waals surface area (Å²) in [4.78, 5) is 17.0. The van der Waals surface area contributed by atoms with Gasteiger partial charge in [0.05, 0.1) is 18.7 Å². The van der Waals surface area contributed by atoms with E-state index in [2.05, 4.69) is 11.7 Å². The molecule has 0 amide bonds. The lowest BCUT2D eigenvalue weighted by Gasteiger charge is -2.18. The van der Waals surface area contributed by atoms with Gasteiger partial charge in [-0.3, -0.25) is 4.98 Å². The highest BCUT2D eigenvalue weighted by molar-refractivity contribution is 6.32. The summed E-state index contributed by atoms with van der Waals surface area (Å²) in [7, 11) is 0.